The molecule has 0 fully saturated rings. The van der Waals surface area contributed by atoms with Crippen molar-refractivity contribution in [2.45, 2.75) is 19.3 Å². The van der Waals surface area contributed by atoms with E-state index >= 15 is 0 Å². The number of amides is 1. The lowest BCUT2D eigenvalue weighted by atomic mass is 10.2. The first-order valence-corrected chi connectivity index (χ1v) is 8.61. The van der Waals surface area contributed by atoms with Crippen LogP contribution in [0, 0.1) is 5.82 Å². The van der Waals surface area contributed by atoms with Gasteiger partial charge in [-0.15, -0.1) is 0 Å². The van der Waals surface area contributed by atoms with Gasteiger partial charge in [0.15, 0.2) is 0 Å². The molecule has 1 heterocycles. The van der Waals surface area contributed by atoms with Gasteiger partial charge in [0.2, 0.25) is 17.6 Å². The molecule has 134 valence electrons. The Balaban J connectivity index is 1.51. The number of rotatable bonds is 6. The molecule has 0 unspecified atom stereocenters. The van der Waals surface area contributed by atoms with Crippen LogP contribution in [0.4, 0.5) is 10.1 Å². The van der Waals surface area contributed by atoms with E-state index in [4.69, 9.17) is 27.7 Å². The topological polar surface area (TPSA) is 68.0 Å². The smallest absolute Gasteiger partial charge is 0.226 e. The Morgan fingerprint density at radius 3 is 2.69 bits per heavy atom. The number of nitrogens with zero attached hydrogens (tertiary/aromatic N) is 2. The normalized spacial score (nSPS) is 10.7. The molecular formula is C18H14Cl2FN3O2. The average molecular weight is 394 g/mol. The van der Waals surface area contributed by atoms with Crippen molar-refractivity contribution in [3.05, 3.63) is 64.2 Å². The zero-order valence-electron chi connectivity index (χ0n) is 13.5. The molecule has 0 aliphatic heterocycles. The predicted molar refractivity (Wildman–Crippen MR) is 97.7 cm³/mol. The van der Waals surface area contributed by atoms with Crippen molar-refractivity contribution in [1.82, 2.24) is 10.1 Å². The fourth-order valence-corrected chi connectivity index (χ4v) is 2.63. The zero-order valence-corrected chi connectivity index (χ0v) is 15.0. The lowest BCUT2D eigenvalue weighted by molar-refractivity contribution is -0.116. The van der Waals surface area contributed by atoms with Crippen molar-refractivity contribution in [2.24, 2.45) is 0 Å². The van der Waals surface area contributed by atoms with Gasteiger partial charge in [0.05, 0.1) is 15.7 Å². The summed E-state index contributed by atoms with van der Waals surface area (Å²) < 4.78 is 18.1. The molecule has 0 bridgehead atoms. The minimum absolute atomic E-state index is 0.188. The third kappa shape index (κ3) is 4.59. The van der Waals surface area contributed by atoms with Gasteiger partial charge in [-0.05, 0) is 42.8 Å². The van der Waals surface area contributed by atoms with Crippen molar-refractivity contribution in [1.29, 1.82) is 0 Å². The maximum atomic E-state index is 12.9. The molecule has 0 saturated heterocycles. The molecule has 0 radical (unpaired) electrons. The molecule has 3 aromatic rings. The van der Waals surface area contributed by atoms with Crippen LogP contribution in [0.15, 0.2) is 47.0 Å². The first-order valence-electron chi connectivity index (χ1n) is 7.85. The Hall–Kier alpha value is -2.44. The molecule has 3 rings (SSSR count). The van der Waals surface area contributed by atoms with Crippen LogP contribution in [0.25, 0.3) is 11.4 Å². The Morgan fingerprint density at radius 2 is 1.92 bits per heavy atom. The van der Waals surface area contributed by atoms with E-state index in [1.54, 1.807) is 30.3 Å². The first kappa shape index (κ1) is 18.4. The van der Waals surface area contributed by atoms with Crippen LogP contribution in [0.1, 0.15) is 18.7 Å². The lowest BCUT2D eigenvalue weighted by Crippen LogP contribution is -2.11. The van der Waals surface area contributed by atoms with Crippen molar-refractivity contribution >= 4 is 34.8 Å². The van der Waals surface area contributed by atoms with Crippen LogP contribution >= 0.6 is 23.2 Å². The van der Waals surface area contributed by atoms with Crippen molar-refractivity contribution < 1.29 is 13.7 Å². The van der Waals surface area contributed by atoms with Gasteiger partial charge in [0.25, 0.3) is 0 Å². The van der Waals surface area contributed by atoms with Crippen molar-refractivity contribution in [2.75, 3.05) is 5.32 Å². The molecular weight excluding hydrogens is 380 g/mol. The molecule has 0 saturated carbocycles. The van der Waals surface area contributed by atoms with E-state index in [0.717, 1.165) is 0 Å². The fraction of sp³-hybridized carbons (Fsp3) is 0.167. The first-order chi connectivity index (χ1) is 12.5. The standard InChI is InChI=1S/C18H14Cl2FN3O2/c19-13-3-1-4-14(17(13)20)22-15(25)5-2-6-16-23-18(24-26-16)11-7-9-12(21)10-8-11/h1,3-4,7-10H,2,5-6H2,(H,22,25). The number of hydrogen-bond donors (Lipinski definition) is 1. The summed E-state index contributed by atoms with van der Waals surface area (Å²) >= 11 is 11.9. The summed E-state index contributed by atoms with van der Waals surface area (Å²) in [5.74, 6) is 0.281. The number of carbonyl (C=O) groups excluding carboxylic acids is 1. The van der Waals surface area contributed by atoms with E-state index in [1.807, 2.05) is 0 Å². The highest BCUT2D eigenvalue weighted by atomic mass is 35.5. The summed E-state index contributed by atoms with van der Waals surface area (Å²) in [6.45, 7) is 0. The van der Waals surface area contributed by atoms with E-state index in [0.29, 0.717) is 45.9 Å². The second-order valence-corrected chi connectivity index (χ2v) is 6.31. The minimum Gasteiger partial charge on any atom is -0.339 e. The average Bonchev–Trinajstić information content (AvgIpc) is 3.08. The summed E-state index contributed by atoms with van der Waals surface area (Å²) in [4.78, 5) is 16.3. The fourth-order valence-electron chi connectivity index (χ4n) is 2.29. The van der Waals surface area contributed by atoms with Gasteiger partial charge in [0.1, 0.15) is 5.82 Å². The summed E-state index contributed by atoms with van der Waals surface area (Å²) in [7, 11) is 0. The van der Waals surface area contributed by atoms with Gasteiger partial charge in [-0.25, -0.2) is 4.39 Å². The Labute approximate surface area is 159 Å². The SMILES string of the molecule is O=C(CCCc1nc(-c2ccc(F)cc2)no1)Nc1cccc(Cl)c1Cl. The monoisotopic (exact) mass is 393 g/mol. The highest BCUT2D eigenvalue weighted by molar-refractivity contribution is 6.43. The van der Waals surface area contributed by atoms with E-state index in [9.17, 15) is 9.18 Å². The number of aromatic nitrogens is 2. The van der Waals surface area contributed by atoms with Gasteiger partial charge in [-0.3, -0.25) is 4.79 Å². The summed E-state index contributed by atoms with van der Waals surface area (Å²) in [6.07, 6.45) is 1.23. The number of anilines is 1. The quantitative estimate of drug-likeness (QED) is 0.628. The van der Waals surface area contributed by atoms with Gasteiger partial charge >= 0.3 is 0 Å². The van der Waals surface area contributed by atoms with E-state index < -0.39 is 0 Å². The van der Waals surface area contributed by atoms with Gasteiger partial charge < -0.3 is 9.84 Å². The van der Waals surface area contributed by atoms with Gasteiger partial charge in [-0.2, -0.15) is 4.98 Å². The van der Waals surface area contributed by atoms with Crippen molar-refractivity contribution in [3.8, 4) is 11.4 Å². The van der Waals surface area contributed by atoms with Gasteiger partial charge in [0, 0.05) is 18.4 Å². The summed E-state index contributed by atoms with van der Waals surface area (Å²) in [6, 6.07) is 10.8. The number of hydrogen-bond acceptors (Lipinski definition) is 4. The highest BCUT2D eigenvalue weighted by Crippen LogP contribution is 2.29. The molecule has 0 spiro atoms. The molecule has 2 aromatic carbocycles. The van der Waals surface area contributed by atoms with Crippen molar-refractivity contribution in [3.63, 3.8) is 0 Å². The van der Waals surface area contributed by atoms with Crippen LogP contribution in [-0.2, 0) is 11.2 Å². The third-order valence-electron chi connectivity index (χ3n) is 3.59. The molecule has 8 heteroatoms. The van der Waals surface area contributed by atoms with E-state index in [-0.39, 0.29) is 18.1 Å². The van der Waals surface area contributed by atoms with Crippen LogP contribution in [0.3, 0.4) is 0 Å². The van der Waals surface area contributed by atoms with Crippen LogP contribution in [-0.4, -0.2) is 16.0 Å². The van der Waals surface area contributed by atoms with E-state index in [2.05, 4.69) is 15.5 Å². The van der Waals surface area contributed by atoms with E-state index in [1.165, 1.54) is 12.1 Å². The second kappa shape index (κ2) is 8.29. The number of nitrogens with one attached hydrogen (secondary N) is 1. The summed E-state index contributed by atoms with van der Waals surface area (Å²) in [5.41, 5.74) is 1.13. The third-order valence-corrected chi connectivity index (χ3v) is 4.41. The Bertz CT molecular complexity index is 913. The molecule has 1 N–H and O–H groups in total. The molecule has 1 aromatic heterocycles. The maximum absolute atomic E-state index is 12.9. The Kier molecular flexibility index (Phi) is 5.85. The number of benzene rings is 2. The van der Waals surface area contributed by atoms with Crippen LogP contribution in [0.2, 0.25) is 10.0 Å². The summed E-state index contributed by atoms with van der Waals surface area (Å²) in [5, 5.41) is 7.26. The maximum Gasteiger partial charge on any atom is 0.226 e. The van der Waals surface area contributed by atoms with Gasteiger partial charge in [-0.1, -0.05) is 34.4 Å². The van der Waals surface area contributed by atoms with Crippen LogP contribution in [0.5, 0.6) is 0 Å². The minimum atomic E-state index is -0.330. The largest absolute Gasteiger partial charge is 0.339 e. The number of aryl methyl sites for hydroxylation is 1. The second-order valence-electron chi connectivity index (χ2n) is 5.52. The highest BCUT2D eigenvalue weighted by Gasteiger charge is 2.11. The predicted octanol–water partition coefficient (Wildman–Crippen LogP) is 5.14. The molecule has 0 atom stereocenters. The number of carbonyl (C=O) groups is 1. The molecule has 26 heavy (non-hydrogen) atoms. The molecule has 5 nitrogen and oxygen atoms in total. The zero-order chi connectivity index (χ0) is 18.5. The molecule has 1 amide bonds. The lowest BCUT2D eigenvalue weighted by Gasteiger charge is -2.07. The Morgan fingerprint density at radius 1 is 1.15 bits per heavy atom. The number of halogens is 3. The molecule has 0 aliphatic rings. The van der Waals surface area contributed by atoms with Crippen LogP contribution < -0.4 is 5.32 Å². The molecule has 0 aliphatic carbocycles.